The van der Waals surface area contributed by atoms with Gasteiger partial charge in [0.1, 0.15) is 11.3 Å². The molecular formula is C13H14O5. The van der Waals surface area contributed by atoms with Gasteiger partial charge in [-0.05, 0) is 24.6 Å². The van der Waals surface area contributed by atoms with Gasteiger partial charge in [-0.25, -0.2) is 4.79 Å². The fraction of sp³-hybridized carbons (Fsp3) is 0.308. The summed E-state index contributed by atoms with van der Waals surface area (Å²) in [4.78, 5) is 11.6. The number of carbonyl (C=O) groups is 1. The molecule has 0 bridgehead atoms. The number of fused-ring (bicyclic) bond motifs is 1. The Bertz CT molecular complexity index is 570. The van der Waals surface area contributed by atoms with E-state index in [-0.39, 0.29) is 19.0 Å². The summed E-state index contributed by atoms with van der Waals surface area (Å²) >= 11 is 0. The second-order valence-corrected chi connectivity index (χ2v) is 3.70. The van der Waals surface area contributed by atoms with Crippen LogP contribution in [0.2, 0.25) is 0 Å². The highest BCUT2D eigenvalue weighted by atomic mass is 16.5. The van der Waals surface area contributed by atoms with E-state index in [0.717, 1.165) is 0 Å². The molecule has 1 aromatic carbocycles. The molecule has 96 valence electrons. The van der Waals surface area contributed by atoms with Crippen LogP contribution in [0, 0.1) is 0 Å². The maximum Gasteiger partial charge on any atom is 0.374 e. The molecule has 5 nitrogen and oxygen atoms in total. The Hall–Kier alpha value is -2.01. The van der Waals surface area contributed by atoms with Crippen molar-refractivity contribution >= 4 is 16.9 Å². The number of hydrogen-bond acceptors (Lipinski definition) is 5. The summed E-state index contributed by atoms with van der Waals surface area (Å²) in [5, 5.41) is 9.81. The highest BCUT2D eigenvalue weighted by molar-refractivity contribution is 5.95. The minimum absolute atomic E-state index is 0.123. The van der Waals surface area contributed by atoms with Crippen molar-refractivity contribution in [3.8, 4) is 5.75 Å². The van der Waals surface area contributed by atoms with Crippen LogP contribution in [0.3, 0.4) is 0 Å². The molecule has 1 N–H and O–H groups in total. The lowest BCUT2D eigenvalue weighted by atomic mass is 10.1. The van der Waals surface area contributed by atoms with Gasteiger partial charge in [-0.1, -0.05) is 0 Å². The van der Waals surface area contributed by atoms with Crippen LogP contribution >= 0.6 is 0 Å². The number of aliphatic hydroxyl groups excluding tert-OH is 1. The predicted octanol–water partition coefficient (Wildman–Crippen LogP) is 2.11. The summed E-state index contributed by atoms with van der Waals surface area (Å²) in [6, 6.07) is 4.95. The monoisotopic (exact) mass is 250 g/mol. The van der Waals surface area contributed by atoms with Gasteiger partial charge >= 0.3 is 5.97 Å². The van der Waals surface area contributed by atoms with Crippen LogP contribution in [0.4, 0.5) is 0 Å². The number of rotatable bonds is 4. The summed E-state index contributed by atoms with van der Waals surface area (Å²) in [7, 11) is 1.52. The maximum absolute atomic E-state index is 11.6. The van der Waals surface area contributed by atoms with Gasteiger partial charge in [0.25, 0.3) is 0 Å². The Balaban J connectivity index is 2.52. The first-order valence-electron chi connectivity index (χ1n) is 5.58. The number of methoxy groups -OCH3 is 1. The van der Waals surface area contributed by atoms with Crippen molar-refractivity contribution < 1.29 is 23.8 Å². The van der Waals surface area contributed by atoms with Crippen LogP contribution in [-0.4, -0.2) is 24.8 Å². The topological polar surface area (TPSA) is 68.9 Å². The zero-order valence-corrected chi connectivity index (χ0v) is 10.2. The summed E-state index contributed by atoms with van der Waals surface area (Å²) in [6.07, 6.45) is 0. The van der Waals surface area contributed by atoms with Crippen molar-refractivity contribution in [1.29, 1.82) is 0 Å². The van der Waals surface area contributed by atoms with Crippen LogP contribution in [0.1, 0.15) is 23.0 Å². The number of furan rings is 1. The van der Waals surface area contributed by atoms with Gasteiger partial charge in [0.2, 0.25) is 5.76 Å². The van der Waals surface area contributed by atoms with Gasteiger partial charge in [-0.2, -0.15) is 0 Å². The average Bonchev–Trinajstić information content (AvgIpc) is 2.81. The molecule has 18 heavy (non-hydrogen) atoms. The zero-order chi connectivity index (χ0) is 13.1. The fourth-order valence-electron chi connectivity index (χ4n) is 1.72. The summed E-state index contributed by atoms with van der Waals surface area (Å²) in [5.41, 5.74) is 1.14. The summed E-state index contributed by atoms with van der Waals surface area (Å²) < 4.78 is 15.5. The molecule has 2 aromatic rings. The van der Waals surface area contributed by atoms with E-state index in [4.69, 9.17) is 19.0 Å². The maximum atomic E-state index is 11.6. The number of carbonyl (C=O) groups excluding carboxylic acids is 1. The average molecular weight is 250 g/mol. The minimum atomic E-state index is -0.513. The Morgan fingerprint density at radius 3 is 2.78 bits per heavy atom. The fourth-order valence-corrected chi connectivity index (χ4v) is 1.72. The van der Waals surface area contributed by atoms with Gasteiger partial charge in [0.05, 0.1) is 25.7 Å². The molecule has 0 saturated carbocycles. The van der Waals surface area contributed by atoms with Crippen molar-refractivity contribution in [2.24, 2.45) is 0 Å². The molecule has 0 aliphatic heterocycles. The minimum Gasteiger partial charge on any atom is -0.496 e. The summed E-state index contributed by atoms with van der Waals surface area (Å²) in [6.45, 7) is 1.89. The first-order valence-corrected chi connectivity index (χ1v) is 5.58. The first-order chi connectivity index (χ1) is 8.69. The molecule has 0 amide bonds. The Labute approximate surface area is 104 Å². The Morgan fingerprint density at radius 1 is 1.39 bits per heavy atom. The molecule has 0 fully saturated rings. The molecule has 0 spiro atoms. The summed E-state index contributed by atoms with van der Waals surface area (Å²) in [5.74, 6) is 0.164. The molecule has 0 radical (unpaired) electrons. The molecule has 0 saturated heterocycles. The quantitative estimate of drug-likeness (QED) is 0.841. The number of ether oxygens (including phenoxy) is 2. The second-order valence-electron chi connectivity index (χ2n) is 3.70. The number of aliphatic hydroxyl groups is 1. The van der Waals surface area contributed by atoms with E-state index in [9.17, 15) is 4.79 Å². The SMILES string of the molecule is CCOC(=O)c1cc2c(OC)cc(CO)cc2o1. The highest BCUT2D eigenvalue weighted by Gasteiger charge is 2.16. The smallest absolute Gasteiger partial charge is 0.374 e. The van der Waals surface area contributed by atoms with Crippen molar-refractivity contribution in [3.05, 3.63) is 29.5 Å². The molecule has 0 aliphatic carbocycles. The third-order valence-electron chi connectivity index (χ3n) is 2.54. The van der Waals surface area contributed by atoms with E-state index in [1.165, 1.54) is 7.11 Å². The van der Waals surface area contributed by atoms with Crippen LogP contribution in [0.15, 0.2) is 22.6 Å². The lowest BCUT2D eigenvalue weighted by Crippen LogP contribution is -2.02. The molecular weight excluding hydrogens is 236 g/mol. The van der Waals surface area contributed by atoms with Crippen LogP contribution in [0.5, 0.6) is 5.75 Å². The van der Waals surface area contributed by atoms with E-state index < -0.39 is 5.97 Å². The number of hydrogen-bond donors (Lipinski definition) is 1. The van der Waals surface area contributed by atoms with Gasteiger partial charge in [-0.15, -0.1) is 0 Å². The van der Waals surface area contributed by atoms with Gasteiger partial charge in [-0.3, -0.25) is 0 Å². The number of benzene rings is 1. The second kappa shape index (κ2) is 5.10. The molecule has 1 aromatic heterocycles. The Kier molecular flexibility index (Phi) is 3.53. The van der Waals surface area contributed by atoms with Crippen molar-refractivity contribution in [1.82, 2.24) is 0 Å². The third-order valence-corrected chi connectivity index (χ3v) is 2.54. The van der Waals surface area contributed by atoms with Gasteiger partial charge in [0.15, 0.2) is 0 Å². The Morgan fingerprint density at radius 2 is 2.17 bits per heavy atom. The zero-order valence-electron chi connectivity index (χ0n) is 10.2. The van der Waals surface area contributed by atoms with E-state index in [1.54, 1.807) is 25.1 Å². The van der Waals surface area contributed by atoms with E-state index in [0.29, 0.717) is 22.3 Å². The van der Waals surface area contributed by atoms with E-state index >= 15 is 0 Å². The van der Waals surface area contributed by atoms with Crippen molar-refractivity contribution in [2.45, 2.75) is 13.5 Å². The first kappa shape index (κ1) is 12.4. The van der Waals surface area contributed by atoms with Crippen LogP contribution in [-0.2, 0) is 11.3 Å². The highest BCUT2D eigenvalue weighted by Crippen LogP contribution is 2.30. The third kappa shape index (κ3) is 2.17. The van der Waals surface area contributed by atoms with Crippen LogP contribution < -0.4 is 4.74 Å². The predicted molar refractivity (Wildman–Crippen MR) is 64.6 cm³/mol. The van der Waals surface area contributed by atoms with E-state index in [2.05, 4.69) is 0 Å². The molecule has 0 unspecified atom stereocenters. The molecule has 0 atom stereocenters. The largest absolute Gasteiger partial charge is 0.496 e. The number of esters is 1. The lowest BCUT2D eigenvalue weighted by Gasteiger charge is -2.03. The van der Waals surface area contributed by atoms with Crippen molar-refractivity contribution in [3.63, 3.8) is 0 Å². The van der Waals surface area contributed by atoms with Crippen LogP contribution in [0.25, 0.3) is 11.0 Å². The van der Waals surface area contributed by atoms with E-state index in [1.807, 2.05) is 0 Å². The van der Waals surface area contributed by atoms with Gasteiger partial charge in [0, 0.05) is 6.07 Å². The standard InChI is InChI=1S/C13H14O5/c1-3-17-13(15)12-6-9-10(16-2)4-8(7-14)5-11(9)18-12/h4-6,14H,3,7H2,1-2H3. The molecule has 2 rings (SSSR count). The van der Waals surface area contributed by atoms with Crippen molar-refractivity contribution in [2.75, 3.05) is 13.7 Å². The molecule has 1 heterocycles. The van der Waals surface area contributed by atoms with Gasteiger partial charge < -0.3 is 19.0 Å². The molecule has 0 aliphatic rings. The normalized spacial score (nSPS) is 10.6. The molecule has 5 heteroatoms. The lowest BCUT2D eigenvalue weighted by molar-refractivity contribution is 0.0492.